The third kappa shape index (κ3) is 6.95. The maximum absolute atomic E-state index is 14.1. The summed E-state index contributed by atoms with van der Waals surface area (Å²) in [6, 6.07) is 19.8. The Morgan fingerprint density at radius 1 is 0.906 bits per heavy atom. The van der Waals surface area contributed by atoms with Crippen LogP contribution in [-0.2, 0) is 13.1 Å². The molecule has 2 aliphatic heterocycles. The van der Waals surface area contributed by atoms with Crippen LogP contribution in [0.5, 0.6) is 0 Å². The normalized spacial score (nSPS) is 18.1. The molecule has 2 fully saturated rings. The number of aliphatic hydroxyl groups is 1. The molecule has 2 saturated heterocycles. The minimum Gasteiger partial charge on any atom is -0.435 e. The molecule has 0 spiro atoms. The Balaban J connectivity index is 1.11. The van der Waals surface area contributed by atoms with Crippen LogP contribution in [0.3, 0.4) is 0 Å². The average molecular weight is 715 g/mol. The van der Waals surface area contributed by atoms with Crippen LogP contribution >= 0.6 is 0 Å². The lowest BCUT2D eigenvalue weighted by Crippen LogP contribution is -2.21. The first-order chi connectivity index (χ1) is 25.6. The van der Waals surface area contributed by atoms with Gasteiger partial charge in [0.05, 0.1) is 17.2 Å². The van der Waals surface area contributed by atoms with Gasteiger partial charge in [0.15, 0.2) is 17.2 Å². The lowest BCUT2D eigenvalue weighted by atomic mass is 9.93. The highest BCUT2D eigenvalue weighted by molar-refractivity contribution is 5.90. The van der Waals surface area contributed by atoms with Crippen molar-refractivity contribution in [3.8, 4) is 28.7 Å². The number of oxazole rings is 1. The van der Waals surface area contributed by atoms with Gasteiger partial charge in [0.25, 0.3) is 6.43 Å². The number of nitrogens with one attached hydrogen (secondary N) is 1. The molecular formula is C41H40F2N8O2. The molecule has 0 radical (unpaired) electrons. The van der Waals surface area contributed by atoms with Crippen molar-refractivity contribution in [3.05, 3.63) is 94.4 Å². The highest BCUT2D eigenvalue weighted by Crippen LogP contribution is 2.38. The molecule has 0 unspecified atom stereocenters. The number of β-amino-alcohol motifs (C(OH)–C–C–N with tert-alkyl or cyclic N) is 1. The van der Waals surface area contributed by atoms with E-state index in [2.05, 4.69) is 43.1 Å². The molecule has 53 heavy (non-hydrogen) atoms. The Hall–Kier alpha value is -5.35. The molecule has 3 aromatic carbocycles. The van der Waals surface area contributed by atoms with E-state index in [0.29, 0.717) is 64.7 Å². The molecule has 0 amide bonds. The lowest BCUT2D eigenvalue weighted by Gasteiger charge is -2.17. The van der Waals surface area contributed by atoms with Crippen LogP contribution in [0.15, 0.2) is 65.2 Å². The summed E-state index contributed by atoms with van der Waals surface area (Å²) in [6.07, 6.45) is 0.360. The van der Waals surface area contributed by atoms with Crippen LogP contribution in [0.25, 0.3) is 44.7 Å². The van der Waals surface area contributed by atoms with E-state index in [4.69, 9.17) is 9.40 Å². The standard InChI is InChI=1S/C41H40F2N8O2/c1-23-10-12-50(19-23)20-26-14-28(17-44)37-35(15-26)48-41(53-37)32-8-4-6-30(24(32)2)31-7-5-9-33(25(31)3)46-39-36-34(47-40(49-39)38(42)43)16-27(18-45-36)21-51-13-11-29(52)22-51/h4-9,14-16,18,23,29,38,52H,10-13,19-22H2,1-3H3,(H,46,47,49)/t23-,29+/m0/s1. The molecule has 5 heterocycles. The molecular weight excluding hydrogens is 675 g/mol. The number of aromatic nitrogens is 4. The fourth-order valence-corrected chi connectivity index (χ4v) is 7.72. The first-order valence-electron chi connectivity index (χ1n) is 18.0. The molecule has 0 saturated carbocycles. The number of pyridine rings is 1. The second-order valence-electron chi connectivity index (χ2n) is 14.5. The molecule has 10 nitrogen and oxygen atoms in total. The SMILES string of the molecule is Cc1c(Nc2nc(C(F)F)nc3cc(CN4CC[C@@H](O)C4)cnc23)cccc1-c1cccc(-c2nc3cc(CN4CC[C@H](C)C4)cc(C#N)c3o2)c1C. The number of nitriles is 1. The summed E-state index contributed by atoms with van der Waals surface area (Å²) >= 11 is 0. The summed E-state index contributed by atoms with van der Waals surface area (Å²) in [6.45, 7) is 11.0. The molecule has 0 bridgehead atoms. The topological polar surface area (TPSA) is 127 Å². The highest BCUT2D eigenvalue weighted by Gasteiger charge is 2.24. The van der Waals surface area contributed by atoms with Gasteiger partial charge < -0.3 is 14.8 Å². The number of rotatable bonds is 9. The first kappa shape index (κ1) is 34.7. The van der Waals surface area contributed by atoms with Gasteiger partial charge in [0.1, 0.15) is 17.1 Å². The third-order valence-corrected chi connectivity index (χ3v) is 10.5. The van der Waals surface area contributed by atoms with Crippen molar-refractivity contribution >= 4 is 33.6 Å². The summed E-state index contributed by atoms with van der Waals surface area (Å²) in [5, 5.41) is 23.2. The predicted molar refractivity (Wildman–Crippen MR) is 200 cm³/mol. The number of likely N-dealkylation sites (tertiary alicyclic amines) is 2. The van der Waals surface area contributed by atoms with Crippen molar-refractivity contribution in [2.75, 3.05) is 31.5 Å². The minimum atomic E-state index is -2.87. The minimum absolute atomic E-state index is 0.192. The fourth-order valence-electron chi connectivity index (χ4n) is 7.72. The van der Waals surface area contributed by atoms with E-state index in [1.807, 2.05) is 62.4 Å². The van der Waals surface area contributed by atoms with E-state index < -0.39 is 12.2 Å². The summed E-state index contributed by atoms with van der Waals surface area (Å²) in [5.41, 5.74) is 9.37. The van der Waals surface area contributed by atoms with Gasteiger partial charge in [-0.2, -0.15) is 5.26 Å². The number of nitrogens with zero attached hydrogens (tertiary/aromatic N) is 7. The Bertz CT molecular complexity index is 2390. The maximum atomic E-state index is 14.1. The van der Waals surface area contributed by atoms with Crippen molar-refractivity contribution in [2.45, 2.75) is 59.2 Å². The van der Waals surface area contributed by atoms with Crippen molar-refractivity contribution in [1.29, 1.82) is 5.26 Å². The molecule has 3 aromatic heterocycles. The summed E-state index contributed by atoms with van der Waals surface area (Å²) in [5.74, 6) is 0.718. The molecule has 2 N–H and O–H groups in total. The Labute approximate surface area is 306 Å². The van der Waals surface area contributed by atoms with Gasteiger partial charge in [-0.05, 0) is 103 Å². The Morgan fingerprint density at radius 2 is 1.62 bits per heavy atom. The van der Waals surface area contributed by atoms with E-state index >= 15 is 0 Å². The smallest absolute Gasteiger partial charge is 0.297 e. The van der Waals surface area contributed by atoms with Crippen LogP contribution in [-0.4, -0.2) is 67.1 Å². The molecule has 2 aliphatic rings. The zero-order valence-corrected chi connectivity index (χ0v) is 29.9. The van der Waals surface area contributed by atoms with Gasteiger partial charge in [0, 0.05) is 50.2 Å². The summed E-state index contributed by atoms with van der Waals surface area (Å²) < 4.78 is 34.4. The van der Waals surface area contributed by atoms with Crippen LogP contribution < -0.4 is 5.32 Å². The van der Waals surface area contributed by atoms with Gasteiger partial charge >= 0.3 is 0 Å². The van der Waals surface area contributed by atoms with E-state index in [9.17, 15) is 19.1 Å². The van der Waals surface area contributed by atoms with Crippen LogP contribution in [0, 0.1) is 31.1 Å². The number of hydrogen-bond donors (Lipinski definition) is 2. The zero-order chi connectivity index (χ0) is 36.8. The Morgan fingerprint density at radius 3 is 2.36 bits per heavy atom. The number of alkyl halides is 2. The van der Waals surface area contributed by atoms with E-state index in [1.165, 1.54) is 6.42 Å². The number of halogens is 2. The quantitative estimate of drug-likeness (QED) is 0.152. The number of anilines is 2. The second-order valence-corrected chi connectivity index (χ2v) is 14.5. The van der Waals surface area contributed by atoms with E-state index in [-0.39, 0.29) is 11.9 Å². The zero-order valence-electron chi connectivity index (χ0n) is 29.9. The first-order valence-corrected chi connectivity index (χ1v) is 18.0. The van der Waals surface area contributed by atoms with Crippen molar-refractivity contribution < 1.29 is 18.3 Å². The van der Waals surface area contributed by atoms with Crippen LogP contribution in [0.4, 0.5) is 20.3 Å². The number of fused-ring (bicyclic) bond motifs is 2. The van der Waals surface area contributed by atoms with E-state index in [1.54, 1.807) is 12.3 Å². The second kappa shape index (κ2) is 14.2. The number of benzene rings is 3. The fraction of sp³-hybridized carbons (Fsp3) is 0.341. The maximum Gasteiger partial charge on any atom is 0.297 e. The van der Waals surface area contributed by atoms with Gasteiger partial charge in [0.2, 0.25) is 5.89 Å². The van der Waals surface area contributed by atoms with Crippen LogP contribution in [0.1, 0.15) is 59.8 Å². The van der Waals surface area contributed by atoms with Crippen LogP contribution in [0.2, 0.25) is 0 Å². The third-order valence-electron chi connectivity index (χ3n) is 10.5. The largest absolute Gasteiger partial charge is 0.435 e. The monoisotopic (exact) mass is 714 g/mol. The highest BCUT2D eigenvalue weighted by atomic mass is 19.3. The Kier molecular flexibility index (Phi) is 9.32. The van der Waals surface area contributed by atoms with Gasteiger partial charge in [-0.3, -0.25) is 14.8 Å². The molecule has 8 rings (SSSR count). The molecule has 6 aromatic rings. The average Bonchev–Trinajstić information content (AvgIpc) is 3.88. The van der Waals surface area contributed by atoms with Crippen molar-refractivity contribution in [3.63, 3.8) is 0 Å². The molecule has 0 aliphatic carbocycles. The number of hydrogen-bond acceptors (Lipinski definition) is 10. The van der Waals surface area contributed by atoms with Crippen molar-refractivity contribution in [2.24, 2.45) is 5.92 Å². The predicted octanol–water partition coefficient (Wildman–Crippen LogP) is 8.08. The van der Waals surface area contributed by atoms with Gasteiger partial charge in [-0.25, -0.2) is 23.7 Å². The molecule has 270 valence electrons. The van der Waals surface area contributed by atoms with Gasteiger partial charge in [-0.15, -0.1) is 0 Å². The lowest BCUT2D eigenvalue weighted by molar-refractivity contribution is 0.141. The van der Waals surface area contributed by atoms with E-state index in [0.717, 1.165) is 65.1 Å². The summed E-state index contributed by atoms with van der Waals surface area (Å²) in [4.78, 5) is 22.4. The summed E-state index contributed by atoms with van der Waals surface area (Å²) in [7, 11) is 0. The van der Waals surface area contributed by atoms with Crippen molar-refractivity contribution in [1.82, 2.24) is 29.7 Å². The molecule has 2 atom stereocenters. The van der Waals surface area contributed by atoms with Gasteiger partial charge in [-0.1, -0.05) is 31.2 Å². The number of aliphatic hydroxyl groups excluding tert-OH is 1. The molecule has 12 heteroatoms.